The van der Waals surface area contributed by atoms with E-state index < -0.39 is 0 Å². The van der Waals surface area contributed by atoms with Gasteiger partial charge in [0, 0.05) is 17.9 Å². The van der Waals surface area contributed by atoms with E-state index in [0.717, 1.165) is 4.90 Å². The van der Waals surface area contributed by atoms with Crippen molar-refractivity contribution in [3.63, 3.8) is 0 Å². The quantitative estimate of drug-likeness (QED) is 0.616. The fourth-order valence-electron chi connectivity index (χ4n) is 2.42. The number of methoxy groups -OCH3 is 2. The van der Waals surface area contributed by atoms with Gasteiger partial charge in [-0.25, -0.2) is 0 Å². The van der Waals surface area contributed by atoms with Crippen LogP contribution in [0.2, 0.25) is 0 Å². The normalized spacial score (nSPS) is 10.5. The minimum atomic E-state index is -0.242. The van der Waals surface area contributed by atoms with Gasteiger partial charge in [0.1, 0.15) is 11.5 Å². The third-order valence-electron chi connectivity index (χ3n) is 3.71. The molecule has 0 saturated carbocycles. The molecule has 1 aromatic heterocycles. The fraction of sp³-hybridized carbons (Fsp3) is 0.211. The van der Waals surface area contributed by atoms with E-state index in [9.17, 15) is 4.79 Å². The molecule has 0 radical (unpaired) electrons. The molecular formula is C19H19N3O4S. The number of anilines is 1. The molecule has 0 saturated heterocycles. The monoisotopic (exact) mass is 385 g/mol. The van der Waals surface area contributed by atoms with E-state index in [4.69, 9.17) is 14.0 Å². The average molecular weight is 385 g/mol. The molecule has 8 heteroatoms. The zero-order valence-electron chi connectivity index (χ0n) is 15.2. The Labute approximate surface area is 161 Å². The van der Waals surface area contributed by atoms with Crippen LogP contribution in [0.1, 0.15) is 22.1 Å². The first-order valence-corrected chi connectivity index (χ1v) is 9.13. The molecule has 7 nitrogen and oxygen atoms in total. The van der Waals surface area contributed by atoms with Crippen LogP contribution in [0.15, 0.2) is 51.9 Å². The zero-order chi connectivity index (χ0) is 19.2. The third kappa shape index (κ3) is 4.59. The standard InChI is InChI=1S/C19H19N3O4S/c1-12-20-18(22-26-12)11-27-17-7-5-4-6-14(17)19(23)21-15-10-13(24-2)8-9-16(15)25-3/h4-10H,11H2,1-3H3,(H,21,23). The molecule has 0 bridgehead atoms. The predicted molar refractivity (Wildman–Crippen MR) is 103 cm³/mol. The molecule has 2 aromatic carbocycles. The van der Waals surface area contributed by atoms with E-state index >= 15 is 0 Å². The number of hydrogen-bond acceptors (Lipinski definition) is 7. The number of thioether (sulfide) groups is 1. The number of aromatic nitrogens is 2. The number of hydrogen-bond donors (Lipinski definition) is 1. The molecule has 3 aromatic rings. The van der Waals surface area contributed by atoms with Crippen LogP contribution in [0, 0.1) is 6.92 Å². The molecule has 0 atom stereocenters. The van der Waals surface area contributed by atoms with E-state index in [-0.39, 0.29) is 5.91 Å². The molecule has 3 rings (SSSR count). The smallest absolute Gasteiger partial charge is 0.256 e. The van der Waals surface area contributed by atoms with E-state index in [1.807, 2.05) is 18.2 Å². The van der Waals surface area contributed by atoms with Gasteiger partial charge in [0.15, 0.2) is 5.82 Å². The largest absolute Gasteiger partial charge is 0.497 e. The summed E-state index contributed by atoms with van der Waals surface area (Å²) in [6, 6.07) is 12.6. The van der Waals surface area contributed by atoms with E-state index in [0.29, 0.717) is 40.2 Å². The molecule has 140 valence electrons. The Hall–Kier alpha value is -3.00. The summed E-state index contributed by atoms with van der Waals surface area (Å²) < 4.78 is 15.5. The van der Waals surface area contributed by atoms with Gasteiger partial charge >= 0.3 is 0 Å². The number of aryl methyl sites for hydroxylation is 1. The highest BCUT2D eigenvalue weighted by atomic mass is 32.2. The number of benzene rings is 2. The number of amides is 1. The highest BCUT2D eigenvalue weighted by Gasteiger charge is 2.15. The second kappa shape index (κ2) is 8.59. The van der Waals surface area contributed by atoms with E-state index in [2.05, 4.69) is 15.5 Å². The Morgan fingerprint density at radius 1 is 1.19 bits per heavy atom. The van der Waals surface area contributed by atoms with Crippen molar-refractivity contribution in [1.82, 2.24) is 10.1 Å². The van der Waals surface area contributed by atoms with Crippen molar-refractivity contribution in [2.75, 3.05) is 19.5 Å². The Morgan fingerprint density at radius 2 is 2.00 bits per heavy atom. The predicted octanol–water partition coefficient (Wildman–Crippen LogP) is 3.94. The van der Waals surface area contributed by atoms with Gasteiger partial charge in [-0.05, 0) is 24.3 Å². The summed E-state index contributed by atoms with van der Waals surface area (Å²) in [5.74, 6) is 2.54. The van der Waals surface area contributed by atoms with Gasteiger partial charge in [-0.15, -0.1) is 11.8 Å². The average Bonchev–Trinajstić information content (AvgIpc) is 3.11. The Morgan fingerprint density at radius 3 is 2.70 bits per heavy atom. The second-order valence-corrected chi connectivity index (χ2v) is 6.55. The lowest BCUT2D eigenvalue weighted by Crippen LogP contribution is -2.13. The maximum atomic E-state index is 12.8. The maximum absolute atomic E-state index is 12.8. The molecular weight excluding hydrogens is 366 g/mol. The lowest BCUT2D eigenvalue weighted by molar-refractivity contribution is 0.102. The van der Waals surface area contributed by atoms with Crippen LogP contribution >= 0.6 is 11.8 Å². The first-order chi connectivity index (χ1) is 13.1. The maximum Gasteiger partial charge on any atom is 0.256 e. The molecule has 0 aliphatic rings. The third-order valence-corrected chi connectivity index (χ3v) is 4.78. The molecule has 0 fully saturated rings. The molecule has 27 heavy (non-hydrogen) atoms. The van der Waals surface area contributed by atoms with Crippen LogP contribution in [0.25, 0.3) is 0 Å². The molecule has 0 aliphatic heterocycles. The summed E-state index contributed by atoms with van der Waals surface area (Å²) in [5, 5.41) is 6.77. The van der Waals surface area contributed by atoms with Gasteiger partial charge in [-0.1, -0.05) is 17.3 Å². The van der Waals surface area contributed by atoms with E-state index in [1.165, 1.54) is 11.8 Å². The van der Waals surface area contributed by atoms with Crippen LogP contribution in [-0.2, 0) is 5.75 Å². The summed E-state index contributed by atoms with van der Waals surface area (Å²) in [5.41, 5.74) is 1.09. The van der Waals surface area contributed by atoms with Crippen LogP contribution in [-0.4, -0.2) is 30.3 Å². The van der Waals surface area contributed by atoms with Gasteiger partial charge in [0.25, 0.3) is 5.91 Å². The van der Waals surface area contributed by atoms with Crippen molar-refractivity contribution >= 4 is 23.4 Å². The first kappa shape index (κ1) is 18.8. The molecule has 1 N–H and O–H groups in total. The van der Waals surface area contributed by atoms with Crippen molar-refractivity contribution in [1.29, 1.82) is 0 Å². The summed E-state index contributed by atoms with van der Waals surface area (Å²) in [6.45, 7) is 1.74. The summed E-state index contributed by atoms with van der Waals surface area (Å²) in [7, 11) is 3.12. The van der Waals surface area contributed by atoms with Gasteiger partial charge in [-0.3, -0.25) is 4.79 Å². The summed E-state index contributed by atoms with van der Waals surface area (Å²) in [6.07, 6.45) is 0. The SMILES string of the molecule is COc1ccc(OC)c(NC(=O)c2ccccc2SCc2noc(C)n2)c1. The van der Waals surface area contributed by atoms with Crippen molar-refractivity contribution in [2.24, 2.45) is 0 Å². The molecule has 0 unspecified atom stereocenters. The van der Waals surface area contributed by atoms with Gasteiger partial charge in [0.2, 0.25) is 5.89 Å². The Balaban J connectivity index is 1.79. The van der Waals surface area contributed by atoms with Crippen LogP contribution in [0.3, 0.4) is 0 Å². The molecule has 0 aliphatic carbocycles. The van der Waals surface area contributed by atoms with Crippen molar-refractivity contribution in [2.45, 2.75) is 17.6 Å². The summed E-state index contributed by atoms with van der Waals surface area (Å²) >= 11 is 1.47. The second-order valence-electron chi connectivity index (χ2n) is 5.53. The minimum Gasteiger partial charge on any atom is -0.497 e. The highest BCUT2D eigenvalue weighted by molar-refractivity contribution is 7.98. The van der Waals surface area contributed by atoms with Gasteiger partial charge in [0.05, 0.1) is 31.2 Å². The number of carbonyl (C=O) groups excluding carboxylic acids is 1. The number of carbonyl (C=O) groups is 1. The number of rotatable bonds is 7. The molecule has 1 heterocycles. The fourth-order valence-corrected chi connectivity index (χ4v) is 3.32. The van der Waals surface area contributed by atoms with Crippen molar-refractivity contribution in [3.05, 3.63) is 59.7 Å². The van der Waals surface area contributed by atoms with Gasteiger partial charge in [-0.2, -0.15) is 4.98 Å². The molecule has 0 spiro atoms. The van der Waals surface area contributed by atoms with Crippen LogP contribution in [0.4, 0.5) is 5.69 Å². The van der Waals surface area contributed by atoms with Gasteiger partial charge < -0.3 is 19.3 Å². The Kier molecular flexibility index (Phi) is 5.97. The first-order valence-electron chi connectivity index (χ1n) is 8.15. The lowest BCUT2D eigenvalue weighted by Gasteiger charge is -2.13. The van der Waals surface area contributed by atoms with Crippen molar-refractivity contribution < 1.29 is 18.8 Å². The zero-order valence-corrected chi connectivity index (χ0v) is 16.0. The van der Waals surface area contributed by atoms with Crippen molar-refractivity contribution in [3.8, 4) is 11.5 Å². The lowest BCUT2D eigenvalue weighted by atomic mass is 10.2. The number of nitrogens with one attached hydrogen (secondary N) is 1. The van der Waals surface area contributed by atoms with Crippen LogP contribution < -0.4 is 14.8 Å². The van der Waals surface area contributed by atoms with Crippen LogP contribution in [0.5, 0.6) is 11.5 Å². The molecule has 1 amide bonds. The topological polar surface area (TPSA) is 86.5 Å². The minimum absolute atomic E-state index is 0.242. The van der Waals surface area contributed by atoms with E-state index in [1.54, 1.807) is 45.4 Å². The number of nitrogens with zero attached hydrogens (tertiary/aromatic N) is 2. The number of ether oxygens (including phenoxy) is 2. The summed E-state index contributed by atoms with van der Waals surface area (Å²) in [4.78, 5) is 17.8. The highest BCUT2D eigenvalue weighted by Crippen LogP contribution is 2.31. The Bertz CT molecular complexity index is 942.